The highest BCUT2D eigenvalue weighted by molar-refractivity contribution is 5.72. The molecule has 0 aliphatic carbocycles. The molecule has 1 atom stereocenters. The number of nitrogens with zero attached hydrogens (tertiary/aromatic N) is 4. The molecule has 0 unspecified atom stereocenters. The highest BCUT2D eigenvalue weighted by atomic mass is 16.5. The van der Waals surface area contributed by atoms with Gasteiger partial charge in [-0.15, -0.1) is 0 Å². The van der Waals surface area contributed by atoms with E-state index in [0.717, 1.165) is 48.7 Å². The molecular formula is C19H24N4O2. The molecule has 0 amide bonds. The number of benzene rings is 1. The summed E-state index contributed by atoms with van der Waals surface area (Å²) in [4.78, 5) is 11.6. The van der Waals surface area contributed by atoms with Gasteiger partial charge in [0.1, 0.15) is 5.52 Å². The van der Waals surface area contributed by atoms with Crippen LogP contribution in [-0.2, 0) is 12.0 Å². The number of oxazole rings is 1. The second kappa shape index (κ2) is 6.26. The first-order valence-corrected chi connectivity index (χ1v) is 8.90. The van der Waals surface area contributed by atoms with Gasteiger partial charge in [0.25, 0.3) is 0 Å². The van der Waals surface area contributed by atoms with Crippen LogP contribution in [-0.4, -0.2) is 33.1 Å². The standard InChI is InChI=1S/C19H24N4O2/c1-19(2,3)18-21-16(25-22-18)12-23-10-6-7-13(11-23)17-20-14-8-4-5-9-15(14)24-17/h4-5,8-9,13H,6-7,10-12H2,1-3H3/t13-/m0/s1. The van der Waals surface area contributed by atoms with Crippen LogP contribution in [0.2, 0.25) is 0 Å². The summed E-state index contributed by atoms with van der Waals surface area (Å²) in [5.41, 5.74) is 1.70. The maximum atomic E-state index is 5.97. The molecule has 3 heterocycles. The smallest absolute Gasteiger partial charge is 0.240 e. The molecule has 6 heteroatoms. The average molecular weight is 340 g/mol. The van der Waals surface area contributed by atoms with E-state index in [1.165, 1.54) is 0 Å². The van der Waals surface area contributed by atoms with Crippen molar-refractivity contribution in [2.24, 2.45) is 0 Å². The maximum Gasteiger partial charge on any atom is 0.240 e. The highest BCUT2D eigenvalue weighted by Crippen LogP contribution is 2.29. The molecule has 0 radical (unpaired) electrons. The number of rotatable bonds is 3. The number of aromatic nitrogens is 3. The maximum absolute atomic E-state index is 5.97. The fraction of sp³-hybridized carbons (Fsp3) is 0.526. The van der Waals surface area contributed by atoms with Gasteiger partial charge in [0.05, 0.1) is 6.54 Å². The summed E-state index contributed by atoms with van der Waals surface area (Å²) in [6.45, 7) is 8.88. The van der Waals surface area contributed by atoms with Crippen LogP contribution < -0.4 is 0 Å². The van der Waals surface area contributed by atoms with Gasteiger partial charge in [-0.05, 0) is 31.5 Å². The van der Waals surface area contributed by atoms with E-state index in [1.54, 1.807) is 0 Å². The lowest BCUT2D eigenvalue weighted by molar-refractivity contribution is 0.167. The highest BCUT2D eigenvalue weighted by Gasteiger charge is 2.27. The third-order valence-electron chi connectivity index (χ3n) is 4.66. The Kier molecular flexibility index (Phi) is 4.07. The van der Waals surface area contributed by atoms with Crippen LogP contribution in [0.15, 0.2) is 33.2 Å². The molecule has 0 N–H and O–H groups in total. The molecular weight excluding hydrogens is 316 g/mol. The van der Waals surface area contributed by atoms with Crippen LogP contribution in [0.4, 0.5) is 0 Å². The summed E-state index contributed by atoms with van der Waals surface area (Å²) in [7, 11) is 0. The monoisotopic (exact) mass is 340 g/mol. The van der Waals surface area contributed by atoms with E-state index in [0.29, 0.717) is 18.4 Å². The number of para-hydroxylation sites is 2. The Bertz CT molecular complexity index is 829. The predicted octanol–water partition coefficient (Wildman–Crippen LogP) is 3.89. The largest absolute Gasteiger partial charge is 0.440 e. The normalized spacial score (nSPS) is 19.6. The minimum atomic E-state index is -0.0929. The second-order valence-electron chi connectivity index (χ2n) is 7.86. The van der Waals surface area contributed by atoms with E-state index < -0.39 is 0 Å². The van der Waals surface area contributed by atoms with Crippen molar-refractivity contribution in [2.75, 3.05) is 13.1 Å². The fourth-order valence-electron chi connectivity index (χ4n) is 3.28. The minimum Gasteiger partial charge on any atom is -0.440 e. The van der Waals surface area contributed by atoms with Crippen molar-refractivity contribution in [1.29, 1.82) is 0 Å². The van der Waals surface area contributed by atoms with Crippen molar-refractivity contribution in [2.45, 2.75) is 51.5 Å². The Morgan fingerprint density at radius 1 is 1.20 bits per heavy atom. The second-order valence-corrected chi connectivity index (χ2v) is 7.86. The molecule has 132 valence electrons. The van der Waals surface area contributed by atoms with Gasteiger partial charge in [-0.25, -0.2) is 4.98 Å². The van der Waals surface area contributed by atoms with Gasteiger partial charge in [-0.1, -0.05) is 38.1 Å². The lowest BCUT2D eigenvalue weighted by Crippen LogP contribution is -2.34. The van der Waals surface area contributed by atoms with Crippen LogP contribution >= 0.6 is 0 Å². The third kappa shape index (κ3) is 3.44. The number of piperidine rings is 1. The Morgan fingerprint density at radius 3 is 2.80 bits per heavy atom. The molecule has 25 heavy (non-hydrogen) atoms. The van der Waals surface area contributed by atoms with E-state index in [1.807, 2.05) is 24.3 Å². The van der Waals surface area contributed by atoms with E-state index in [9.17, 15) is 0 Å². The summed E-state index contributed by atoms with van der Waals surface area (Å²) in [6, 6.07) is 7.94. The molecule has 1 aliphatic rings. The molecule has 1 saturated heterocycles. The molecule has 0 spiro atoms. The van der Waals surface area contributed by atoms with Gasteiger partial charge in [-0.3, -0.25) is 4.90 Å². The van der Waals surface area contributed by atoms with Gasteiger partial charge in [-0.2, -0.15) is 4.98 Å². The summed E-state index contributed by atoms with van der Waals surface area (Å²) >= 11 is 0. The van der Waals surface area contributed by atoms with Crippen molar-refractivity contribution in [3.05, 3.63) is 41.9 Å². The van der Waals surface area contributed by atoms with Crippen molar-refractivity contribution in [3.8, 4) is 0 Å². The van der Waals surface area contributed by atoms with Crippen LogP contribution in [0.3, 0.4) is 0 Å². The summed E-state index contributed by atoms with van der Waals surface area (Å²) in [5, 5.41) is 4.12. The van der Waals surface area contributed by atoms with Crippen LogP contribution in [0.1, 0.15) is 57.1 Å². The molecule has 1 fully saturated rings. The van der Waals surface area contributed by atoms with Crippen molar-refractivity contribution >= 4 is 11.1 Å². The third-order valence-corrected chi connectivity index (χ3v) is 4.66. The number of likely N-dealkylation sites (tertiary alicyclic amines) is 1. The molecule has 3 aromatic rings. The molecule has 1 aromatic carbocycles. The first-order valence-electron chi connectivity index (χ1n) is 8.90. The van der Waals surface area contributed by atoms with E-state index in [4.69, 9.17) is 8.94 Å². The van der Waals surface area contributed by atoms with E-state index in [-0.39, 0.29) is 5.41 Å². The van der Waals surface area contributed by atoms with E-state index in [2.05, 4.69) is 40.8 Å². The van der Waals surface area contributed by atoms with Gasteiger partial charge >= 0.3 is 0 Å². The minimum absolute atomic E-state index is 0.0929. The molecule has 0 saturated carbocycles. The summed E-state index contributed by atoms with van der Waals surface area (Å²) in [6.07, 6.45) is 2.21. The topological polar surface area (TPSA) is 68.2 Å². The van der Waals surface area contributed by atoms with Gasteiger partial charge in [0.15, 0.2) is 17.3 Å². The first-order chi connectivity index (χ1) is 12.0. The average Bonchev–Trinajstić information content (AvgIpc) is 3.21. The van der Waals surface area contributed by atoms with Crippen molar-refractivity contribution in [1.82, 2.24) is 20.0 Å². The van der Waals surface area contributed by atoms with E-state index >= 15 is 0 Å². The Hall–Kier alpha value is -2.21. The zero-order valence-electron chi connectivity index (χ0n) is 15.0. The Labute approximate surface area is 147 Å². The summed E-state index contributed by atoms with van der Waals surface area (Å²) < 4.78 is 11.4. The number of hydrogen-bond donors (Lipinski definition) is 0. The molecule has 0 bridgehead atoms. The molecule has 2 aromatic heterocycles. The summed E-state index contributed by atoms with van der Waals surface area (Å²) in [5.74, 6) is 2.59. The van der Waals surface area contributed by atoms with Crippen LogP contribution in [0.5, 0.6) is 0 Å². The lowest BCUT2D eigenvalue weighted by Gasteiger charge is -2.29. The molecule has 4 rings (SSSR count). The van der Waals surface area contributed by atoms with Crippen molar-refractivity contribution < 1.29 is 8.94 Å². The van der Waals surface area contributed by atoms with Crippen LogP contribution in [0, 0.1) is 0 Å². The van der Waals surface area contributed by atoms with Gasteiger partial charge < -0.3 is 8.94 Å². The van der Waals surface area contributed by atoms with Gasteiger partial charge in [0.2, 0.25) is 5.89 Å². The fourth-order valence-corrected chi connectivity index (χ4v) is 3.28. The lowest BCUT2D eigenvalue weighted by atomic mass is 9.96. The Balaban J connectivity index is 1.46. The Morgan fingerprint density at radius 2 is 2.04 bits per heavy atom. The quantitative estimate of drug-likeness (QED) is 0.720. The van der Waals surface area contributed by atoms with Crippen LogP contribution in [0.25, 0.3) is 11.1 Å². The van der Waals surface area contributed by atoms with Gasteiger partial charge in [0, 0.05) is 17.9 Å². The molecule has 6 nitrogen and oxygen atoms in total. The zero-order valence-corrected chi connectivity index (χ0v) is 15.0. The zero-order chi connectivity index (χ0) is 17.4. The number of fused-ring (bicyclic) bond motifs is 1. The van der Waals surface area contributed by atoms with Crippen molar-refractivity contribution in [3.63, 3.8) is 0 Å². The molecule has 1 aliphatic heterocycles. The predicted molar refractivity (Wildman–Crippen MR) is 94.3 cm³/mol. The number of hydrogen-bond acceptors (Lipinski definition) is 6. The SMILES string of the molecule is CC(C)(C)c1noc(CN2CCC[C@H](c3nc4ccccc4o3)C2)n1. The first kappa shape index (κ1) is 16.3.